The molecule has 0 heterocycles. The van der Waals surface area contributed by atoms with Crippen molar-refractivity contribution >= 4 is 12.4 Å². The van der Waals surface area contributed by atoms with Gasteiger partial charge >= 0.3 is 6.36 Å². The van der Waals surface area contributed by atoms with Crippen molar-refractivity contribution in [1.29, 1.82) is 0 Å². The number of nitrogens with two attached hydrogens (primary N) is 1. The van der Waals surface area contributed by atoms with Gasteiger partial charge in [-0.25, -0.2) is 0 Å². The molecule has 0 aromatic heterocycles. The molecule has 0 aliphatic rings. The van der Waals surface area contributed by atoms with Gasteiger partial charge in [0.1, 0.15) is 5.75 Å². The lowest BCUT2D eigenvalue weighted by atomic mass is 10.3. The average Bonchev–Trinajstić information content (AvgIpc) is 2.01. The van der Waals surface area contributed by atoms with E-state index < -0.39 is 6.36 Å². The van der Waals surface area contributed by atoms with Crippen molar-refractivity contribution in [3.05, 3.63) is 24.3 Å². The highest BCUT2D eigenvalue weighted by Gasteiger charge is 2.31. The molecular formula is C7H7ClF3NO2. The third-order valence-electron chi connectivity index (χ3n) is 1.18. The minimum Gasteiger partial charge on any atom is -0.411 e. The average molecular weight is 230 g/mol. The second kappa shape index (κ2) is 4.92. The van der Waals surface area contributed by atoms with Crippen LogP contribution < -0.4 is 15.5 Å². The molecule has 1 aromatic rings. The van der Waals surface area contributed by atoms with Crippen LogP contribution in [0.2, 0.25) is 0 Å². The molecule has 3 nitrogen and oxygen atoms in total. The highest BCUT2D eigenvalue weighted by molar-refractivity contribution is 5.85. The van der Waals surface area contributed by atoms with Crippen molar-refractivity contribution in [1.82, 2.24) is 0 Å². The largest absolute Gasteiger partial charge is 0.573 e. The lowest BCUT2D eigenvalue weighted by molar-refractivity contribution is -0.274. The number of alkyl halides is 3. The van der Waals surface area contributed by atoms with Crippen LogP contribution in [0.4, 0.5) is 13.2 Å². The van der Waals surface area contributed by atoms with Gasteiger partial charge in [-0.15, -0.1) is 25.6 Å². The number of hydrogen-bond donors (Lipinski definition) is 1. The Labute approximate surface area is 84.0 Å². The Bertz CT molecular complexity index is 293. The Morgan fingerprint density at radius 3 is 2.21 bits per heavy atom. The zero-order chi connectivity index (χ0) is 9.90. The fourth-order valence-corrected chi connectivity index (χ4v) is 0.745. The predicted molar refractivity (Wildman–Crippen MR) is 45.2 cm³/mol. The summed E-state index contributed by atoms with van der Waals surface area (Å²) in [7, 11) is 0. The topological polar surface area (TPSA) is 44.5 Å². The quantitative estimate of drug-likeness (QED) is 0.791. The number of rotatable bonds is 2. The van der Waals surface area contributed by atoms with Crippen LogP contribution in [0.1, 0.15) is 0 Å². The third kappa shape index (κ3) is 4.20. The first-order valence-corrected chi connectivity index (χ1v) is 3.24. The smallest absolute Gasteiger partial charge is 0.411 e. The normalized spacial score (nSPS) is 10.3. The lowest BCUT2D eigenvalue weighted by Crippen LogP contribution is -2.17. The maximum atomic E-state index is 11.7. The van der Waals surface area contributed by atoms with Crippen molar-refractivity contribution in [2.24, 2.45) is 5.90 Å². The number of hydrogen-bond acceptors (Lipinski definition) is 3. The molecule has 1 rings (SSSR count). The molecule has 0 amide bonds. The van der Waals surface area contributed by atoms with Gasteiger partial charge in [-0.05, 0) is 12.1 Å². The molecule has 0 saturated heterocycles. The number of benzene rings is 1. The Morgan fingerprint density at radius 1 is 1.14 bits per heavy atom. The lowest BCUT2D eigenvalue weighted by Gasteiger charge is -2.08. The molecule has 0 aliphatic heterocycles. The van der Waals surface area contributed by atoms with E-state index in [1.54, 1.807) is 0 Å². The summed E-state index contributed by atoms with van der Waals surface area (Å²) in [4.78, 5) is 4.22. The molecule has 0 spiro atoms. The van der Waals surface area contributed by atoms with E-state index in [2.05, 4.69) is 9.57 Å². The predicted octanol–water partition coefficient (Wildman–Crippen LogP) is 2.26. The van der Waals surface area contributed by atoms with E-state index >= 15 is 0 Å². The van der Waals surface area contributed by atoms with Gasteiger partial charge in [0.25, 0.3) is 0 Å². The summed E-state index contributed by atoms with van der Waals surface area (Å²) in [6.45, 7) is 0. The summed E-state index contributed by atoms with van der Waals surface area (Å²) in [5.74, 6) is 4.48. The third-order valence-corrected chi connectivity index (χ3v) is 1.18. The molecule has 1 aromatic carbocycles. The SMILES string of the molecule is Cl.NOc1cccc(OC(F)(F)F)c1. The molecule has 0 saturated carbocycles. The molecule has 80 valence electrons. The fraction of sp³-hybridized carbons (Fsp3) is 0.143. The minimum absolute atomic E-state index is 0. The van der Waals surface area contributed by atoms with Crippen molar-refractivity contribution in [2.45, 2.75) is 6.36 Å². The van der Waals surface area contributed by atoms with Crippen LogP contribution in [0.25, 0.3) is 0 Å². The van der Waals surface area contributed by atoms with Gasteiger partial charge in [-0.3, -0.25) is 0 Å². The van der Waals surface area contributed by atoms with Crippen LogP contribution >= 0.6 is 12.4 Å². The molecule has 0 fully saturated rings. The van der Waals surface area contributed by atoms with E-state index in [1.807, 2.05) is 0 Å². The van der Waals surface area contributed by atoms with Crippen LogP contribution in [0, 0.1) is 0 Å². The Balaban J connectivity index is 0.00000169. The summed E-state index contributed by atoms with van der Waals surface area (Å²) in [5, 5.41) is 0. The van der Waals surface area contributed by atoms with Gasteiger partial charge in [-0.2, -0.15) is 5.90 Å². The minimum atomic E-state index is -4.70. The number of halogens is 4. The van der Waals surface area contributed by atoms with Crippen LogP contribution in [0.15, 0.2) is 24.3 Å². The van der Waals surface area contributed by atoms with E-state index in [0.29, 0.717) is 0 Å². The van der Waals surface area contributed by atoms with E-state index in [4.69, 9.17) is 5.90 Å². The zero-order valence-corrected chi connectivity index (χ0v) is 7.56. The standard InChI is InChI=1S/C7H6F3NO2.ClH/c8-7(9,10)12-5-2-1-3-6(4-5)13-11;/h1-4H,11H2;1H. The first-order chi connectivity index (χ1) is 6.01. The van der Waals surface area contributed by atoms with E-state index in [1.165, 1.54) is 12.1 Å². The van der Waals surface area contributed by atoms with E-state index in [9.17, 15) is 13.2 Å². The maximum Gasteiger partial charge on any atom is 0.573 e. The molecule has 14 heavy (non-hydrogen) atoms. The first kappa shape index (κ1) is 12.9. The molecule has 0 bridgehead atoms. The van der Waals surface area contributed by atoms with Gasteiger partial charge in [0.15, 0.2) is 5.75 Å². The van der Waals surface area contributed by atoms with Crippen LogP contribution in [0.3, 0.4) is 0 Å². The van der Waals surface area contributed by atoms with Crippen molar-refractivity contribution in [3.8, 4) is 11.5 Å². The second-order valence-electron chi connectivity index (χ2n) is 2.14. The van der Waals surface area contributed by atoms with Gasteiger partial charge in [0.2, 0.25) is 0 Å². The van der Waals surface area contributed by atoms with Gasteiger partial charge in [0, 0.05) is 6.07 Å². The van der Waals surface area contributed by atoms with Crippen LogP contribution in [-0.2, 0) is 0 Å². The molecule has 0 radical (unpaired) electrons. The van der Waals surface area contributed by atoms with E-state index in [-0.39, 0.29) is 23.9 Å². The summed E-state index contributed by atoms with van der Waals surface area (Å²) in [6.07, 6.45) is -4.70. The monoisotopic (exact) mass is 229 g/mol. The fourth-order valence-electron chi connectivity index (χ4n) is 0.745. The van der Waals surface area contributed by atoms with Gasteiger partial charge in [-0.1, -0.05) is 6.07 Å². The van der Waals surface area contributed by atoms with Crippen LogP contribution in [-0.4, -0.2) is 6.36 Å². The van der Waals surface area contributed by atoms with Crippen molar-refractivity contribution in [3.63, 3.8) is 0 Å². The Morgan fingerprint density at radius 2 is 1.71 bits per heavy atom. The molecule has 7 heteroatoms. The highest BCUT2D eigenvalue weighted by Crippen LogP contribution is 2.25. The molecule has 2 N–H and O–H groups in total. The molecule has 0 unspecified atom stereocenters. The first-order valence-electron chi connectivity index (χ1n) is 3.24. The van der Waals surface area contributed by atoms with Crippen molar-refractivity contribution < 1.29 is 22.7 Å². The highest BCUT2D eigenvalue weighted by atomic mass is 35.5. The summed E-state index contributed by atoms with van der Waals surface area (Å²) < 4.78 is 38.7. The number of ether oxygens (including phenoxy) is 1. The van der Waals surface area contributed by atoms with Gasteiger partial charge in [0.05, 0.1) is 0 Å². The zero-order valence-electron chi connectivity index (χ0n) is 6.75. The molecule has 0 atom stereocenters. The summed E-state index contributed by atoms with van der Waals surface area (Å²) in [6, 6.07) is 4.93. The molecule has 0 aliphatic carbocycles. The van der Waals surface area contributed by atoms with Gasteiger partial charge < -0.3 is 9.57 Å². The Kier molecular flexibility index (Phi) is 4.52. The maximum absolute atomic E-state index is 11.7. The molecular weight excluding hydrogens is 223 g/mol. The Hall–Kier alpha value is -1.14. The van der Waals surface area contributed by atoms with Crippen LogP contribution in [0.5, 0.6) is 11.5 Å². The summed E-state index contributed by atoms with van der Waals surface area (Å²) in [5.41, 5.74) is 0. The van der Waals surface area contributed by atoms with E-state index in [0.717, 1.165) is 12.1 Å². The second-order valence-corrected chi connectivity index (χ2v) is 2.14. The van der Waals surface area contributed by atoms with Crippen molar-refractivity contribution in [2.75, 3.05) is 0 Å². The summed E-state index contributed by atoms with van der Waals surface area (Å²) >= 11 is 0.